The Hall–Kier alpha value is -3.45. The molecular weight excluding hydrogens is 448 g/mol. The van der Waals surface area contributed by atoms with Gasteiger partial charge < -0.3 is 14.0 Å². The molecule has 1 saturated heterocycles. The van der Waals surface area contributed by atoms with Crippen molar-refractivity contribution in [1.82, 2.24) is 9.47 Å². The highest BCUT2D eigenvalue weighted by Crippen LogP contribution is 2.34. The van der Waals surface area contributed by atoms with E-state index in [1.807, 2.05) is 81.4 Å². The summed E-state index contributed by atoms with van der Waals surface area (Å²) in [5, 5.41) is -0.189. The van der Waals surface area contributed by atoms with Crippen LogP contribution in [0.1, 0.15) is 36.7 Å². The van der Waals surface area contributed by atoms with Crippen molar-refractivity contribution in [3.8, 4) is 22.9 Å². The number of amides is 2. The van der Waals surface area contributed by atoms with E-state index < -0.39 is 0 Å². The van der Waals surface area contributed by atoms with Crippen molar-refractivity contribution in [2.45, 2.75) is 33.6 Å². The number of unbranched alkanes of at least 4 members (excludes halogenated alkanes) is 1. The molecule has 3 aromatic rings. The molecule has 2 heterocycles. The van der Waals surface area contributed by atoms with E-state index in [4.69, 9.17) is 9.47 Å². The van der Waals surface area contributed by atoms with E-state index in [-0.39, 0.29) is 11.1 Å². The Morgan fingerprint density at radius 1 is 0.941 bits per heavy atom. The van der Waals surface area contributed by atoms with Crippen molar-refractivity contribution in [2.24, 2.45) is 0 Å². The minimum Gasteiger partial charge on any atom is -0.497 e. The van der Waals surface area contributed by atoms with E-state index in [1.54, 1.807) is 7.11 Å². The monoisotopic (exact) mass is 476 g/mol. The average Bonchev–Trinajstić information content (AvgIpc) is 3.27. The Morgan fingerprint density at radius 2 is 1.56 bits per heavy atom. The number of aromatic nitrogens is 1. The van der Waals surface area contributed by atoms with Crippen LogP contribution in [0.3, 0.4) is 0 Å². The van der Waals surface area contributed by atoms with Crippen LogP contribution < -0.4 is 9.47 Å². The fourth-order valence-corrected chi connectivity index (χ4v) is 4.78. The molecule has 6 nitrogen and oxygen atoms in total. The number of carbonyl (C=O) groups is 2. The zero-order chi connectivity index (χ0) is 24.2. The number of thioether (sulfide) groups is 1. The number of aryl methyl sites for hydroxylation is 1. The van der Waals surface area contributed by atoms with Crippen LogP contribution in [0.15, 0.2) is 59.5 Å². The summed E-state index contributed by atoms with van der Waals surface area (Å²) >= 11 is 1.02. The maximum Gasteiger partial charge on any atom is 0.293 e. The molecule has 0 aliphatic carbocycles. The second-order valence-electron chi connectivity index (χ2n) is 8.12. The van der Waals surface area contributed by atoms with Gasteiger partial charge in [0.1, 0.15) is 17.2 Å². The van der Waals surface area contributed by atoms with E-state index in [9.17, 15) is 9.59 Å². The van der Waals surface area contributed by atoms with Gasteiger partial charge in [0.25, 0.3) is 11.1 Å². The molecule has 0 saturated carbocycles. The van der Waals surface area contributed by atoms with Crippen molar-refractivity contribution >= 4 is 29.0 Å². The van der Waals surface area contributed by atoms with Crippen molar-refractivity contribution < 1.29 is 19.1 Å². The number of carbonyl (C=O) groups excluding carboxylic acids is 2. The predicted molar refractivity (Wildman–Crippen MR) is 136 cm³/mol. The van der Waals surface area contributed by atoms with Gasteiger partial charge in [0, 0.05) is 23.6 Å². The molecule has 0 unspecified atom stereocenters. The van der Waals surface area contributed by atoms with Crippen molar-refractivity contribution in [1.29, 1.82) is 0 Å². The van der Waals surface area contributed by atoms with Crippen LogP contribution in [0, 0.1) is 13.8 Å². The molecule has 0 N–H and O–H groups in total. The van der Waals surface area contributed by atoms with Crippen molar-refractivity contribution in [2.75, 3.05) is 13.7 Å². The number of benzene rings is 2. The van der Waals surface area contributed by atoms with Gasteiger partial charge in [-0.05, 0) is 98.3 Å². The van der Waals surface area contributed by atoms with Crippen molar-refractivity contribution in [3.63, 3.8) is 0 Å². The zero-order valence-electron chi connectivity index (χ0n) is 19.8. The molecule has 1 aliphatic rings. The molecule has 4 rings (SSSR count). The first-order chi connectivity index (χ1) is 16.4. The van der Waals surface area contributed by atoms with E-state index in [1.165, 1.54) is 4.90 Å². The summed E-state index contributed by atoms with van der Waals surface area (Å²) < 4.78 is 13.2. The molecule has 1 fully saturated rings. The van der Waals surface area contributed by atoms with Crippen LogP contribution in [0.4, 0.5) is 4.79 Å². The minimum atomic E-state index is -0.201. The molecule has 0 atom stereocenters. The quantitative estimate of drug-likeness (QED) is 0.337. The fourth-order valence-electron chi connectivity index (χ4n) is 3.92. The molecule has 7 heteroatoms. The molecular formula is C27H28N2O4S. The van der Waals surface area contributed by atoms with E-state index in [0.29, 0.717) is 11.4 Å². The number of rotatable bonds is 8. The minimum absolute atomic E-state index is 0.189. The first-order valence-corrected chi connectivity index (χ1v) is 12.1. The Morgan fingerprint density at radius 3 is 2.18 bits per heavy atom. The summed E-state index contributed by atoms with van der Waals surface area (Å²) in [4.78, 5) is 26.8. The summed E-state index contributed by atoms with van der Waals surface area (Å²) in [6.07, 6.45) is 3.58. The number of imide groups is 1. The average molecular weight is 477 g/mol. The van der Waals surface area contributed by atoms with Gasteiger partial charge in [-0.15, -0.1) is 0 Å². The van der Waals surface area contributed by atoms with Crippen LogP contribution in [0.5, 0.6) is 17.2 Å². The molecule has 34 heavy (non-hydrogen) atoms. The van der Waals surface area contributed by atoms with Gasteiger partial charge in [0.2, 0.25) is 0 Å². The Bertz CT molecular complexity index is 1230. The molecule has 2 amide bonds. The van der Waals surface area contributed by atoms with E-state index in [0.717, 1.165) is 64.5 Å². The first-order valence-electron chi connectivity index (χ1n) is 11.3. The molecule has 1 aliphatic heterocycles. The molecule has 0 radical (unpaired) electrons. The topological polar surface area (TPSA) is 60.8 Å². The summed E-state index contributed by atoms with van der Waals surface area (Å²) in [6, 6.07) is 17.3. The number of hydrogen-bond acceptors (Lipinski definition) is 5. The Kier molecular flexibility index (Phi) is 7.12. The lowest BCUT2D eigenvalue weighted by atomic mass is 10.2. The van der Waals surface area contributed by atoms with Gasteiger partial charge in [-0.2, -0.15) is 0 Å². The van der Waals surface area contributed by atoms with Gasteiger partial charge in [0.15, 0.2) is 0 Å². The van der Waals surface area contributed by atoms with Gasteiger partial charge in [0.05, 0.1) is 12.0 Å². The smallest absolute Gasteiger partial charge is 0.293 e. The summed E-state index contributed by atoms with van der Waals surface area (Å²) in [6.45, 7) is 6.56. The predicted octanol–water partition coefficient (Wildman–Crippen LogP) is 6.73. The van der Waals surface area contributed by atoms with Crippen molar-refractivity contribution in [3.05, 3.63) is 76.5 Å². The molecule has 0 bridgehead atoms. The van der Waals surface area contributed by atoms with Gasteiger partial charge in [-0.1, -0.05) is 13.3 Å². The maximum absolute atomic E-state index is 12.7. The van der Waals surface area contributed by atoms with E-state index in [2.05, 4.69) is 4.57 Å². The molecule has 2 aromatic carbocycles. The van der Waals surface area contributed by atoms with Gasteiger partial charge in [-0.3, -0.25) is 14.5 Å². The highest BCUT2D eigenvalue weighted by atomic mass is 32.2. The third-order valence-electron chi connectivity index (χ3n) is 5.76. The fraction of sp³-hybridized carbons (Fsp3) is 0.259. The second-order valence-corrected chi connectivity index (χ2v) is 9.11. The summed E-state index contributed by atoms with van der Waals surface area (Å²) in [7, 11) is 1.63. The second kappa shape index (κ2) is 10.2. The van der Waals surface area contributed by atoms with Crippen LogP contribution in [-0.4, -0.2) is 34.3 Å². The number of methoxy groups -OCH3 is 1. The number of ether oxygens (including phenoxy) is 2. The number of nitrogens with zero attached hydrogens (tertiary/aromatic N) is 2. The summed E-state index contributed by atoms with van der Waals surface area (Å²) in [5.41, 5.74) is 3.96. The van der Waals surface area contributed by atoms with Gasteiger partial charge in [-0.25, -0.2) is 0 Å². The zero-order valence-corrected chi connectivity index (χ0v) is 20.6. The Labute approximate surface area is 204 Å². The molecule has 176 valence electrons. The summed E-state index contributed by atoms with van der Waals surface area (Å²) in [5.74, 6) is 2.05. The molecule has 0 spiro atoms. The standard InChI is InChI=1S/C27H28N2O4S/c1-5-6-15-28-26(30)25(34-27(28)31)17-20-16-18(2)29(19(20)3)21-7-9-23(10-8-21)33-24-13-11-22(32-4)12-14-24/h7-14,16-17H,5-6,15H2,1-4H3/b25-17-. The Balaban J connectivity index is 1.53. The lowest BCUT2D eigenvalue weighted by Gasteiger charge is -2.12. The van der Waals surface area contributed by atoms with E-state index >= 15 is 0 Å². The van der Waals surface area contributed by atoms with Crippen LogP contribution in [0.2, 0.25) is 0 Å². The van der Waals surface area contributed by atoms with Crippen LogP contribution in [0.25, 0.3) is 11.8 Å². The van der Waals surface area contributed by atoms with Crippen LogP contribution in [-0.2, 0) is 4.79 Å². The number of hydrogen-bond donors (Lipinski definition) is 0. The maximum atomic E-state index is 12.7. The lowest BCUT2D eigenvalue weighted by Crippen LogP contribution is -2.29. The SMILES string of the molecule is CCCCN1C(=O)S/C(=C\c2cc(C)n(-c3ccc(Oc4ccc(OC)cc4)cc3)c2C)C1=O. The third-order valence-corrected chi connectivity index (χ3v) is 6.66. The largest absolute Gasteiger partial charge is 0.497 e. The third kappa shape index (κ3) is 4.89. The van der Waals surface area contributed by atoms with Crippen LogP contribution >= 0.6 is 11.8 Å². The highest BCUT2D eigenvalue weighted by Gasteiger charge is 2.34. The van der Waals surface area contributed by atoms with Gasteiger partial charge >= 0.3 is 0 Å². The first kappa shape index (κ1) is 23.7. The molecule has 1 aromatic heterocycles. The highest BCUT2D eigenvalue weighted by molar-refractivity contribution is 8.18. The lowest BCUT2D eigenvalue weighted by molar-refractivity contribution is -0.122. The normalized spacial score (nSPS) is 14.8.